The average molecular weight is 281 g/mol. The second-order valence-electron chi connectivity index (χ2n) is 4.63. The highest BCUT2D eigenvalue weighted by atomic mass is 79.9. The molecule has 1 amide bonds. The van der Waals surface area contributed by atoms with Crippen LogP contribution in [0.5, 0.6) is 0 Å². The first kappa shape index (κ1) is 10.3. The summed E-state index contributed by atoms with van der Waals surface area (Å²) in [5, 5.41) is 0. The number of hydrogen-bond donors (Lipinski definition) is 1. The molecule has 84 valence electrons. The molecule has 1 fully saturated rings. The van der Waals surface area contributed by atoms with Crippen molar-refractivity contribution in [1.29, 1.82) is 0 Å². The number of carbonyl (C=O) groups is 1. The molecule has 1 aliphatic carbocycles. The summed E-state index contributed by atoms with van der Waals surface area (Å²) >= 11 is 3.46. The van der Waals surface area contributed by atoms with Crippen molar-refractivity contribution in [1.82, 2.24) is 0 Å². The third-order valence-electron chi connectivity index (χ3n) is 3.88. The number of carbonyl (C=O) groups excluding carboxylic acids is 1. The summed E-state index contributed by atoms with van der Waals surface area (Å²) in [5.74, 6) is 0.522. The van der Waals surface area contributed by atoms with Crippen LogP contribution in [0.2, 0.25) is 0 Å². The molecule has 1 saturated carbocycles. The van der Waals surface area contributed by atoms with Crippen LogP contribution < -0.4 is 10.6 Å². The van der Waals surface area contributed by atoms with E-state index in [4.69, 9.17) is 5.73 Å². The van der Waals surface area contributed by atoms with Crippen LogP contribution in [0.3, 0.4) is 0 Å². The first-order chi connectivity index (χ1) is 7.61. The van der Waals surface area contributed by atoms with Crippen LogP contribution in [-0.2, 0) is 10.2 Å². The van der Waals surface area contributed by atoms with Gasteiger partial charge < -0.3 is 10.6 Å². The fraction of sp³-hybridized carbons (Fsp3) is 0.417. The van der Waals surface area contributed by atoms with Gasteiger partial charge in [-0.3, -0.25) is 4.79 Å². The van der Waals surface area contributed by atoms with Gasteiger partial charge in [-0.05, 0) is 42.6 Å². The zero-order chi connectivity index (χ0) is 11.5. The molecule has 1 aromatic carbocycles. The Kier molecular flexibility index (Phi) is 1.98. The standard InChI is InChI=1S/C12H13BrN2O/c1-15-10-3-2-8(13)4-9(10)12(11(15)16)5-7(12)6-14/h2-4,7H,5-6,14H2,1H3. The Morgan fingerprint density at radius 3 is 3.00 bits per heavy atom. The van der Waals surface area contributed by atoms with Crippen LogP contribution in [0.1, 0.15) is 12.0 Å². The second kappa shape index (κ2) is 3.08. The van der Waals surface area contributed by atoms with Gasteiger partial charge in [0.25, 0.3) is 0 Å². The van der Waals surface area contributed by atoms with E-state index in [0.29, 0.717) is 12.5 Å². The highest BCUT2D eigenvalue weighted by molar-refractivity contribution is 9.10. The van der Waals surface area contributed by atoms with Gasteiger partial charge in [-0.1, -0.05) is 15.9 Å². The molecule has 4 heteroatoms. The molecule has 16 heavy (non-hydrogen) atoms. The molecular formula is C12H13BrN2O. The van der Waals surface area contributed by atoms with Crippen LogP contribution in [0.4, 0.5) is 5.69 Å². The summed E-state index contributed by atoms with van der Waals surface area (Å²) in [5.41, 5.74) is 7.58. The number of fused-ring (bicyclic) bond motifs is 2. The van der Waals surface area contributed by atoms with E-state index >= 15 is 0 Å². The molecule has 3 nitrogen and oxygen atoms in total. The van der Waals surface area contributed by atoms with E-state index in [1.165, 1.54) is 0 Å². The number of halogens is 1. The van der Waals surface area contributed by atoms with Gasteiger partial charge in [0, 0.05) is 17.2 Å². The number of nitrogens with zero attached hydrogens (tertiary/aromatic N) is 1. The predicted octanol–water partition coefficient (Wildman–Crippen LogP) is 1.64. The third kappa shape index (κ3) is 1.04. The number of likely N-dealkylation sites (N-methyl/N-ethyl adjacent to an activating group) is 1. The summed E-state index contributed by atoms with van der Waals surface area (Å²) in [6.07, 6.45) is 0.899. The lowest BCUT2D eigenvalue weighted by Crippen LogP contribution is -2.30. The fourth-order valence-corrected chi connectivity index (χ4v) is 3.25. The Hall–Kier alpha value is -0.870. The van der Waals surface area contributed by atoms with Crippen molar-refractivity contribution in [2.45, 2.75) is 11.8 Å². The predicted molar refractivity (Wildman–Crippen MR) is 66.4 cm³/mol. The number of amides is 1. The lowest BCUT2D eigenvalue weighted by atomic mass is 9.95. The van der Waals surface area contributed by atoms with E-state index < -0.39 is 0 Å². The molecule has 1 heterocycles. The van der Waals surface area contributed by atoms with Gasteiger partial charge >= 0.3 is 0 Å². The van der Waals surface area contributed by atoms with Crippen LogP contribution in [0.15, 0.2) is 22.7 Å². The number of benzene rings is 1. The largest absolute Gasteiger partial charge is 0.330 e. The van der Waals surface area contributed by atoms with E-state index in [0.717, 1.165) is 22.1 Å². The van der Waals surface area contributed by atoms with Gasteiger partial charge in [0.2, 0.25) is 5.91 Å². The molecule has 1 aliphatic heterocycles. The molecule has 2 aliphatic rings. The topological polar surface area (TPSA) is 46.3 Å². The lowest BCUT2D eigenvalue weighted by Gasteiger charge is -2.10. The number of nitrogens with two attached hydrogens (primary N) is 1. The van der Waals surface area contributed by atoms with Crippen LogP contribution in [-0.4, -0.2) is 19.5 Å². The molecule has 0 aromatic heterocycles. The molecule has 2 N–H and O–H groups in total. The molecule has 0 radical (unpaired) electrons. The molecular weight excluding hydrogens is 268 g/mol. The van der Waals surface area contributed by atoms with Gasteiger partial charge in [0.15, 0.2) is 0 Å². The van der Waals surface area contributed by atoms with E-state index in [-0.39, 0.29) is 11.3 Å². The van der Waals surface area contributed by atoms with Crippen LogP contribution in [0, 0.1) is 5.92 Å². The van der Waals surface area contributed by atoms with Crippen molar-refractivity contribution >= 4 is 27.5 Å². The van der Waals surface area contributed by atoms with E-state index in [1.54, 1.807) is 4.90 Å². The smallest absolute Gasteiger partial charge is 0.237 e. The van der Waals surface area contributed by atoms with Crippen molar-refractivity contribution in [3.05, 3.63) is 28.2 Å². The first-order valence-electron chi connectivity index (χ1n) is 5.39. The first-order valence-corrected chi connectivity index (χ1v) is 6.19. The second-order valence-corrected chi connectivity index (χ2v) is 5.55. The highest BCUT2D eigenvalue weighted by Crippen LogP contribution is 2.61. The summed E-state index contributed by atoms with van der Waals surface area (Å²) in [7, 11) is 1.84. The monoisotopic (exact) mass is 280 g/mol. The van der Waals surface area contributed by atoms with E-state index in [1.807, 2.05) is 19.2 Å². The summed E-state index contributed by atoms with van der Waals surface area (Å²) in [4.78, 5) is 14.0. The number of anilines is 1. The number of rotatable bonds is 1. The van der Waals surface area contributed by atoms with E-state index in [9.17, 15) is 4.79 Å². The molecule has 0 saturated heterocycles. The minimum absolute atomic E-state index is 0.205. The fourth-order valence-electron chi connectivity index (χ4n) is 2.89. The third-order valence-corrected chi connectivity index (χ3v) is 4.37. The van der Waals surface area contributed by atoms with Crippen molar-refractivity contribution in [3.8, 4) is 0 Å². The molecule has 0 bridgehead atoms. The Labute approximate surface area is 103 Å². The zero-order valence-electron chi connectivity index (χ0n) is 9.03. The average Bonchev–Trinajstić information content (AvgIpc) is 2.98. The van der Waals surface area contributed by atoms with Gasteiger partial charge in [0.1, 0.15) is 0 Å². The SMILES string of the molecule is CN1C(=O)C2(CC2CN)c2cc(Br)ccc21. The Morgan fingerprint density at radius 2 is 2.38 bits per heavy atom. The summed E-state index contributed by atoms with van der Waals surface area (Å²) < 4.78 is 1.02. The van der Waals surface area contributed by atoms with Gasteiger partial charge in [0.05, 0.1) is 5.41 Å². The van der Waals surface area contributed by atoms with Crippen molar-refractivity contribution in [2.75, 3.05) is 18.5 Å². The lowest BCUT2D eigenvalue weighted by molar-refractivity contribution is -0.120. The zero-order valence-corrected chi connectivity index (χ0v) is 10.6. The molecule has 1 spiro atoms. The maximum absolute atomic E-state index is 12.3. The molecule has 1 aromatic rings. The van der Waals surface area contributed by atoms with Crippen LogP contribution >= 0.6 is 15.9 Å². The normalized spacial score (nSPS) is 31.1. The van der Waals surface area contributed by atoms with Gasteiger partial charge in [-0.2, -0.15) is 0 Å². The molecule has 2 atom stereocenters. The minimum atomic E-state index is -0.303. The van der Waals surface area contributed by atoms with Crippen molar-refractivity contribution < 1.29 is 4.79 Å². The van der Waals surface area contributed by atoms with Gasteiger partial charge in [-0.25, -0.2) is 0 Å². The number of hydrogen-bond acceptors (Lipinski definition) is 2. The Morgan fingerprint density at radius 1 is 1.62 bits per heavy atom. The molecule has 2 unspecified atom stereocenters. The Balaban J connectivity index is 2.18. The molecule has 3 rings (SSSR count). The Bertz CT molecular complexity index is 488. The minimum Gasteiger partial charge on any atom is -0.330 e. The van der Waals surface area contributed by atoms with Crippen molar-refractivity contribution in [3.63, 3.8) is 0 Å². The summed E-state index contributed by atoms with van der Waals surface area (Å²) in [6, 6.07) is 6.03. The highest BCUT2D eigenvalue weighted by Gasteiger charge is 2.65. The van der Waals surface area contributed by atoms with Crippen LogP contribution in [0.25, 0.3) is 0 Å². The quantitative estimate of drug-likeness (QED) is 0.850. The van der Waals surface area contributed by atoms with Crippen molar-refractivity contribution in [2.24, 2.45) is 11.7 Å². The maximum atomic E-state index is 12.3. The van der Waals surface area contributed by atoms with Gasteiger partial charge in [-0.15, -0.1) is 0 Å². The van der Waals surface area contributed by atoms with E-state index in [2.05, 4.69) is 22.0 Å². The summed E-state index contributed by atoms with van der Waals surface area (Å²) in [6.45, 7) is 0.589. The maximum Gasteiger partial charge on any atom is 0.237 e.